The van der Waals surface area contributed by atoms with Gasteiger partial charge in [0, 0.05) is 28.5 Å². The number of aryl methyl sites for hydroxylation is 2. The third-order valence-corrected chi connectivity index (χ3v) is 4.70. The Morgan fingerprint density at radius 2 is 2.15 bits per heavy atom. The highest BCUT2D eigenvalue weighted by atomic mass is 79.9. The zero-order chi connectivity index (χ0) is 19.6. The van der Waals surface area contributed by atoms with E-state index < -0.39 is 17.2 Å². The van der Waals surface area contributed by atoms with Crippen LogP contribution in [-0.2, 0) is 6.54 Å². The number of hydrogen-bond acceptors (Lipinski definition) is 4. The molecule has 8 heteroatoms. The minimum absolute atomic E-state index is 0.0366. The number of rotatable bonds is 4. The maximum atomic E-state index is 13.3. The van der Waals surface area contributed by atoms with Crippen molar-refractivity contribution >= 4 is 39.1 Å². The summed E-state index contributed by atoms with van der Waals surface area (Å²) < 4.78 is 15.7. The number of carbonyl (C=O) groups is 1. The van der Waals surface area contributed by atoms with Crippen LogP contribution in [0.5, 0.6) is 0 Å². The molecular formula is C19H16BrFN4O2. The molecule has 0 atom stereocenters. The van der Waals surface area contributed by atoms with Gasteiger partial charge in [0.25, 0.3) is 5.91 Å². The van der Waals surface area contributed by atoms with Gasteiger partial charge in [0.15, 0.2) is 0 Å². The van der Waals surface area contributed by atoms with Gasteiger partial charge in [-0.15, -0.1) is 0 Å². The highest BCUT2D eigenvalue weighted by Crippen LogP contribution is 2.16. The Morgan fingerprint density at radius 3 is 2.89 bits per heavy atom. The van der Waals surface area contributed by atoms with Crippen molar-refractivity contribution in [3.05, 3.63) is 73.9 Å². The molecule has 6 nitrogen and oxygen atoms in total. The summed E-state index contributed by atoms with van der Waals surface area (Å²) in [6.45, 7) is 4.28. The van der Waals surface area contributed by atoms with Crippen molar-refractivity contribution in [3.8, 4) is 0 Å². The van der Waals surface area contributed by atoms with E-state index in [1.807, 2.05) is 13.8 Å². The smallest absolute Gasteiger partial charge is 0.276 e. The first-order chi connectivity index (χ1) is 12.9. The SMILES string of the molecule is CCn1cc(C(=O)N/N=C/c2cc(F)ccc2Br)c(=O)c2ccc(C)nc21. The highest BCUT2D eigenvalue weighted by molar-refractivity contribution is 9.10. The molecule has 1 N–H and O–H groups in total. The fourth-order valence-electron chi connectivity index (χ4n) is 2.60. The second-order valence-electron chi connectivity index (χ2n) is 5.85. The lowest BCUT2D eigenvalue weighted by Crippen LogP contribution is -2.27. The van der Waals surface area contributed by atoms with Gasteiger partial charge in [0.1, 0.15) is 17.0 Å². The molecular weight excluding hydrogens is 415 g/mol. The van der Waals surface area contributed by atoms with Crippen molar-refractivity contribution in [1.29, 1.82) is 0 Å². The molecule has 1 aromatic carbocycles. The average Bonchev–Trinajstić information content (AvgIpc) is 2.64. The molecule has 0 aliphatic heterocycles. The highest BCUT2D eigenvalue weighted by Gasteiger charge is 2.15. The zero-order valence-corrected chi connectivity index (χ0v) is 16.2. The summed E-state index contributed by atoms with van der Waals surface area (Å²) in [6.07, 6.45) is 2.77. The van der Waals surface area contributed by atoms with Crippen molar-refractivity contribution in [2.75, 3.05) is 0 Å². The Balaban J connectivity index is 1.93. The summed E-state index contributed by atoms with van der Waals surface area (Å²) in [6, 6.07) is 7.50. The molecule has 0 aliphatic rings. The molecule has 0 bridgehead atoms. The maximum Gasteiger partial charge on any atom is 0.276 e. The van der Waals surface area contributed by atoms with Crippen LogP contribution in [0, 0.1) is 12.7 Å². The Kier molecular flexibility index (Phi) is 5.46. The molecule has 0 fully saturated rings. The number of amides is 1. The third kappa shape index (κ3) is 3.95. The van der Waals surface area contributed by atoms with E-state index in [2.05, 4.69) is 31.4 Å². The first-order valence-corrected chi connectivity index (χ1v) is 8.99. The van der Waals surface area contributed by atoms with Crippen LogP contribution < -0.4 is 10.9 Å². The number of nitrogens with zero attached hydrogens (tertiary/aromatic N) is 3. The van der Waals surface area contributed by atoms with E-state index in [-0.39, 0.29) is 5.56 Å². The fraction of sp³-hybridized carbons (Fsp3) is 0.158. The van der Waals surface area contributed by atoms with Gasteiger partial charge in [-0.25, -0.2) is 14.8 Å². The molecule has 0 aliphatic carbocycles. The van der Waals surface area contributed by atoms with Gasteiger partial charge >= 0.3 is 0 Å². The van der Waals surface area contributed by atoms with E-state index in [0.29, 0.717) is 27.6 Å². The van der Waals surface area contributed by atoms with Crippen molar-refractivity contribution in [1.82, 2.24) is 15.0 Å². The lowest BCUT2D eigenvalue weighted by Gasteiger charge is -2.10. The van der Waals surface area contributed by atoms with Gasteiger partial charge in [0.05, 0.1) is 11.6 Å². The average molecular weight is 431 g/mol. The molecule has 1 amide bonds. The van der Waals surface area contributed by atoms with E-state index in [0.717, 1.165) is 5.69 Å². The normalized spacial score (nSPS) is 11.3. The lowest BCUT2D eigenvalue weighted by molar-refractivity contribution is 0.0953. The number of carbonyl (C=O) groups excluding carboxylic acids is 1. The molecule has 0 radical (unpaired) electrons. The van der Waals surface area contributed by atoms with E-state index in [1.165, 1.54) is 30.6 Å². The molecule has 0 saturated carbocycles. The molecule has 0 spiro atoms. The van der Waals surface area contributed by atoms with Crippen LogP contribution in [0.1, 0.15) is 28.5 Å². The van der Waals surface area contributed by atoms with Gasteiger partial charge in [-0.2, -0.15) is 5.10 Å². The second-order valence-corrected chi connectivity index (χ2v) is 6.70. The number of nitrogens with one attached hydrogen (secondary N) is 1. The van der Waals surface area contributed by atoms with Crippen LogP contribution in [0.25, 0.3) is 11.0 Å². The number of aromatic nitrogens is 2. The summed E-state index contributed by atoms with van der Waals surface area (Å²) in [5, 5.41) is 4.19. The first kappa shape index (κ1) is 18.9. The van der Waals surface area contributed by atoms with Gasteiger partial charge < -0.3 is 4.57 Å². The Labute approximate surface area is 162 Å². The summed E-state index contributed by atoms with van der Waals surface area (Å²) in [5.41, 5.74) is 3.64. The van der Waals surface area contributed by atoms with Gasteiger partial charge in [-0.1, -0.05) is 15.9 Å². The third-order valence-electron chi connectivity index (χ3n) is 3.97. The maximum absolute atomic E-state index is 13.3. The van der Waals surface area contributed by atoms with Crippen LogP contribution in [0.4, 0.5) is 4.39 Å². The summed E-state index contributed by atoms with van der Waals surface area (Å²) in [4.78, 5) is 29.5. The van der Waals surface area contributed by atoms with Crippen LogP contribution >= 0.6 is 15.9 Å². The van der Waals surface area contributed by atoms with Crippen LogP contribution in [0.15, 0.2) is 50.9 Å². The van der Waals surface area contributed by atoms with Gasteiger partial charge in [0.2, 0.25) is 5.43 Å². The molecule has 27 heavy (non-hydrogen) atoms. The number of halogens is 2. The number of benzene rings is 1. The summed E-state index contributed by atoms with van der Waals surface area (Å²) >= 11 is 3.28. The van der Waals surface area contributed by atoms with Crippen molar-refractivity contribution < 1.29 is 9.18 Å². The largest absolute Gasteiger partial charge is 0.332 e. The van der Waals surface area contributed by atoms with Crippen LogP contribution in [0.3, 0.4) is 0 Å². The molecule has 0 unspecified atom stereocenters. The molecule has 138 valence electrons. The van der Waals surface area contributed by atoms with Crippen LogP contribution in [-0.4, -0.2) is 21.7 Å². The van der Waals surface area contributed by atoms with E-state index >= 15 is 0 Å². The molecule has 3 aromatic rings. The predicted octanol–water partition coefficient (Wildman–Crippen LogP) is 3.39. The van der Waals surface area contributed by atoms with Crippen molar-refractivity contribution in [2.45, 2.75) is 20.4 Å². The minimum Gasteiger partial charge on any atom is -0.332 e. The second kappa shape index (κ2) is 7.79. The zero-order valence-electron chi connectivity index (χ0n) is 14.7. The molecule has 3 rings (SSSR count). The quantitative estimate of drug-likeness (QED) is 0.508. The number of hydrazone groups is 1. The Hall–Kier alpha value is -2.87. The topological polar surface area (TPSA) is 76.3 Å². The van der Waals surface area contributed by atoms with Crippen LogP contribution in [0.2, 0.25) is 0 Å². The summed E-state index contributed by atoms with van der Waals surface area (Å²) in [5.74, 6) is -1.07. The number of pyridine rings is 2. The molecule has 0 saturated heterocycles. The van der Waals surface area contributed by atoms with Crippen molar-refractivity contribution in [3.63, 3.8) is 0 Å². The summed E-state index contributed by atoms with van der Waals surface area (Å²) in [7, 11) is 0. The first-order valence-electron chi connectivity index (χ1n) is 8.20. The van der Waals surface area contributed by atoms with Gasteiger partial charge in [-0.3, -0.25) is 9.59 Å². The number of hydrogen-bond donors (Lipinski definition) is 1. The predicted molar refractivity (Wildman–Crippen MR) is 106 cm³/mol. The standard InChI is InChI=1S/C19H16BrFN4O2/c1-3-25-10-15(17(26)14-6-4-11(2)23-18(14)25)19(27)24-22-9-12-8-13(21)5-7-16(12)20/h4-10H,3H2,1-2H3,(H,24,27)/b22-9+. The van der Waals surface area contributed by atoms with E-state index in [1.54, 1.807) is 16.7 Å². The molecule has 2 heterocycles. The molecule has 2 aromatic heterocycles. The lowest BCUT2D eigenvalue weighted by atomic mass is 10.1. The Morgan fingerprint density at radius 1 is 1.37 bits per heavy atom. The van der Waals surface area contributed by atoms with Crippen molar-refractivity contribution in [2.24, 2.45) is 5.10 Å². The van der Waals surface area contributed by atoms with E-state index in [4.69, 9.17) is 0 Å². The fourth-order valence-corrected chi connectivity index (χ4v) is 2.95. The number of fused-ring (bicyclic) bond motifs is 1. The Bertz CT molecular complexity index is 1120. The monoisotopic (exact) mass is 430 g/mol. The van der Waals surface area contributed by atoms with E-state index in [9.17, 15) is 14.0 Å². The van der Waals surface area contributed by atoms with Gasteiger partial charge in [-0.05, 0) is 44.2 Å². The minimum atomic E-state index is -0.645.